The van der Waals surface area contributed by atoms with Crippen LogP contribution in [0.4, 0.5) is 5.69 Å². The minimum Gasteiger partial charge on any atom is -0.490 e. The number of hydrogen-bond acceptors (Lipinski definition) is 6. The summed E-state index contributed by atoms with van der Waals surface area (Å²) in [5.41, 5.74) is 4.69. The lowest BCUT2D eigenvalue weighted by atomic mass is 10.0. The van der Waals surface area contributed by atoms with Crippen molar-refractivity contribution in [2.24, 2.45) is 0 Å². The molecule has 35 heavy (non-hydrogen) atoms. The quantitative estimate of drug-likeness (QED) is 0.258. The van der Waals surface area contributed by atoms with Gasteiger partial charge in [-0.1, -0.05) is 13.8 Å². The molecule has 0 unspecified atom stereocenters. The van der Waals surface area contributed by atoms with Gasteiger partial charge in [0.05, 0.1) is 11.1 Å². The molecule has 0 radical (unpaired) electrons. The fourth-order valence-electron chi connectivity index (χ4n) is 4.10. The largest absolute Gasteiger partial charge is 0.490 e. The topological polar surface area (TPSA) is 113 Å². The van der Waals surface area contributed by atoms with E-state index in [2.05, 4.69) is 34.4 Å². The number of anilines is 1. The molecule has 1 aromatic heterocycles. The van der Waals surface area contributed by atoms with Crippen molar-refractivity contribution < 1.29 is 23.9 Å². The highest BCUT2D eigenvalue weighted by molar-refractivity contribution is 6.35. The normalized spacial score (nSPS) is 13.7. The van der Waals surface area contributed by atoms with Crippen molar-refractivity contribution in [2.45, 2.75) is 34.6 Å². The number of aromatic amines is 1. The van der Waals surface area contributed by atoms with Crippen LogP contribution in [0, 0.1) is 13.8 Å². The lowest BCUT2D eigenvalue weighted by Crippen LogP contribution is -2.35. The third-order valence-corrected chi connectivity index (χ3v) is 6.03. The minimum atomic E-state index is -0.365. The number of likely N-dealkylation sites (N-methyl/N-ethyl adjacent to an activating group) is 1. The number of carbonyl (C=O) groups is 3. The monoisotopic (exact) mass is 482 g/mol. The van der Waals surface area contributed by atoms with E-state index in [4.69, 9.17) is 9.47 Å². The molecule has 1 aliphatic rings. The third-order valence-electron chi connectivity index (χ3n) is 6.03. The average Bonchev–Trinajstić information content (AvgIpc) is 3.28. The highest BCUT2D eigenvalue weighted by atomic mass is 16.6. The van der Waals surface area contributed by atoms with Gasteiger partial charge in [-0.15, -0.1) is 0 Å². The van der Waals surface area contributed by atoms with Gasteiger partial charge in [0, 0.05) is 42.7 Å². The Kier molecular flexibility index (Phi) is 8.70. The molecule has 0 saturated heterocycles. The van der Waals surface area contributed by atoms with Gasteiger partial charge in [0.15, 0.2) is 0 Å². The molecule has 0 atom stereocenters. The molecular formula is C26H34N4O5. The number of esters is 1. The lowest BCUT2D eigenvalue weighted by molar-refractivity contribution is -0.141. The molecule has 3 rings (SSSR count). The van der Waals surface area contributed by atoms with E-state index >= 15 is 0 Å². The maximum atomic E-state index is 12.9. The number of aromatic nitrogens is 1. The van der Waals surface area contributed by atoms with Gasteiger partial charge in [-0.2, -0.15) is 0 Å². The minimum absolute atomic E-state index is 0.132. The van der Waals surface area contributed by atoms with Gasteiger partial charge in [-0.3, -0.25) is 14.4 Å². The number of nitrogens with zero attached hydrogens (tertiary/aromatic N) is 1. The number of fused-ring (bicyclic) bond motifs is 1. The van der Waals surface area contributed by atoms with E-state index in [9.17, 15) is 14.4 Å². The molecule has 0 bridgehead atoms. The van der Waals surface area contributed by atoms with Crippen molar-refractivity contribution >= 4 is 35.1 Å². The van der Waals surface area contributed by atoms with Gasteiger partial charge in [0.2, 0.25) is 0 Å². The fraction of sp³-hybridized carbons (Fsp3) is 0.423. The zero-order valence-corrected chi connectivity index (χ0v) is 21.0. The smallest absolute Gasteiger partial charge is 0.302 e. The molecular weight excluding hydrogens is 448 g/mol. The number of nitrogens with one attached hydrogen (secondary N) is 3. The van der Waals surface area contributed by atoms with Crippen molar-refractivity contribution in [3.05, 3.63) is 46.3 Å². The Labute approximate surface area is 205 Å². The lowest BCUT2D eigenvalue weighted by Gasteiger charge is -2.18. The van der Waals surface area contributed by atoms with Crippen LogP contribution >= 0.6 is 0 Å². The number of benzene rings is 1. The van der Waals surface area contributed by atoms with E-state index in [1.54, 1.807) is 24.3 Å². The molecule has 9 nitrogen and oxygen atoms in total. The highest BCUT2D eigenvalue weighted by Crippen LogP contribution is 2.36. The Bertz CT molecular complexity index is 1130. The molecule has 0 aliphatic carbocycles. The number of carbonyl (C=O) groups excluding carboxylic acids is 3. The number of ether oxygens (including phenoxy) is 2. The van der Waals surface area contributed by atoms with Crippen LogP contribution in [-0.4, -0.2) is 67.1 Å². The molecule has 188 valence electrons. The third kappa shape index (κ3) is 6.30. The number of hydrogen-bond donors (Lipinski definition) is 3. The van der Waals surface area contributed by atoms with Crippen LogP contribution in [0.3, 0.4) is 0 Å². The summed E-state index contributed by atoms with van der Waals surface area (Å²) >= 11 is 0. The Morgan fingerprint density at radius 1 is 1.14 bits per heavy atom. The van der Waals surface area contributed by atoms with Gasteiger partial charge < -0.3 is 30.0 Å². The molecule has 9 heteroatoms. The summed E-state index contributed by atoms with van der Waals surface area (Å²) in [5, 5.41) is 5.86. The van der Waals surface area contributed by atoms with Gasteiger partial charge in [0.1, 0.15) is 19.0 Å². The van der Waals surface area contributed by atoms with Crippen LogP contribution in [0.25, 0.3) is 11.6 Å². The SMILES string of the molecule is CCN(CC)CCNC(=O)c1c(C)[nH]c(/C=C2\C(=O)Nc3ccc(OCCOC(C)=O)cc32)c1C. The first-order valence-electron chi connectivity index (χ1n) is 11.9. The van der Waals surface area contributed by atoms with E-state index < -0.39 is 0 Å². The maximum absolute atomic E-state index is 12.9. The van der Waals surface area contributed by atoms with Gasteiger partial charge in [-0.05, 0) is 56.8 Å². The number of H-pyrrole nitrogens is 1. The predicted molar refractivity (Wildman–Crippen MR) is 135 cm³/mol. The van der Waals surface area contributed by atoms with Crippen LogP contribution < -0.4 is 15.4 Å². The Balaban J connectivity index is 1.78. The summed E-state index contributed by atoms with van der Waals surface area (Å²) in [5.74, 6) is -0.163. The van der Waals surface area contributed by atoms with Crippen molar-refractivity contribution in [1.29, 1.82) is 0 Å². The van der Waals surface area contributed by atoms with Crippen molar-refractivity contribution in [1.82, 2.24) is 15.2 Å². The van der Waals surface area contributed by atoms with E-state index in [-0.39, 0.29) is 31.0 Å². The second-order valence-electron chi connectivity index (χ2n) is 8.35. The van der Waals surface area contributed by atoms with Crippen LogP contribution in [0.5, 0.6) is 5.75 Å². The van der Waals surface area contributed by atoms with Crippen LogP contribution in [0.15, 0.2) is 18.2 Å². The summed E-state index contributed by atoms with van der Waals surface area (Å²) in [4.78, 5) is 42.0. The molecule has 2 aromatic rings. The van der Waals surface area contributed by atoms with Crippen molar-refractivity contribution in [2.75, 3.05) is 44.7 Å². The molecule has 0 fully saturated rings. The number of rotatable bonds is 11. The zero-order valence-electron chi connectivity index (χ0n) is 21.0. The first-order chi connectivity index (χ1) is 16.7. The van der Waals surface area contributed by atoms with E-state index in [0.29, 0.717) is 40.4 Å². The van der Waals surface area contributed by atoms with Gasteiger partial charge >= 0.3 is 5.97 Å². The van der Waals surface area contributed by atoms with Crippen LogP contribution in [0.2, 0.25) is 0 Å². The number of amides is 2. The second kappa shape index (κ2) is 11.7. The highest BCUT2D eigenvalue weighted by Gasteiger charge is 2.26. The molecule has 2 heterocycles. The fourth-order valence-corrected chi connectivity index (χ4v) is 4.10. The standard InChI is InChI=1S/C26H34N4O5/c1-6-30(7-2)11-10-27-26(33)24-16(3)23(28-17(24)4)15-21-20-14-19(35-13-12-34-18(5)31)8-9-22(20)29-25(21)32/h8-9,14-15,28H,6-7,10-13H2,1-5H3,(H,27,33)(H,29,32)/b21-15-. The summed E-state index contributed by atoms with van der Waals surface area (Å²) < 4.78 is 10.5. The van der Waals surface area contributed by atoms with Crippen LogP contribution in [0.1, 0.15) is 53.6 Å². The summed E-state index contributed by atoms with van der Waals surface area (Å²) in [6.07, 6.45) is 1.76. The predicted octanol–water partition coefficient (Wildman–Crippen LogP) is 3.14. The van der Waals surface area contributed by atoms with Gasteiger partial charge in [-0.25, -0.2) is 0 Å². The van der Waals surface area contributed by atoms with Crippen LogP contribution in [-0.2, 0) is 14.3 Å². The molecule has 1 aromatic carbocycles. The maximum Gasteiger partial charge on any atom is 0.302 e. The van der Waals surface area contributed by atoms with Crippen molar-refractivity contribution in [3.8, 4) is 5.75 Å². The summed E-state index contributed by atoms with van der Waals surface area (Å²) in [7, 11) is 0. The summed E-state index contributed by atoms with van der Waals surface area (Å²) in [6, 6.07) is 5.30. The molecule has 3 N–H and O–H groups in total. The summed E-state index contributed by atoms with van der Waals surface area (Å²) in [6.45, 7) is 12.9. The first-order valence-corrected chi connectivity index (χ1v) is 11.9. The Morgan fingerprint density at radius 3 is 2.57 bits per heavy atom. The zero-order chi connectivity index (χ0) is 25.5. The van der Waals surface area contributed by atoms with Crippen molar-refractivity contribution in [3.63, 3.8) is 0 Å². The van der Waals surface area contributed by atoms with E-state index in [0.717, 1.165) is 30.9 Å². The molecule has 2 amide bonds. The van der Waals surface area contributed by atoms with E-state index in [1.807, 2.05) is 13.8 Å². The Morgan fingerprint density at radius 2 is 1.89 bits per heavy atom. The Hall–Kier alpha value is -3.59. The van der Waals surface area contributed by atoms with E-state index in [1.165, 1.54) is 6.92 Å². The average molecular weight is 483 g/mol. The molecule has 0 saturated carbocycles. The molecule has 1 aliphatic heterocycles. The number of aryl methyl sites for hydroxylation is 1. The molecule has 0 spiro atoms. The van der Waals surface area contributed by atoms with Gasteiger partial charge in [0.25, 0.3) is 11.8 Å². The second-order valence-corrected chi connectivity index (χ2v) is 8.35. The first kappa shape index (κ1) is 26.0.